The number of rotatable bonds is 0. The molecule has 1 aliphatic heterocycles. The average molecular weight is 120 g/mol. The maximum atomic E-state index is 2.06. The Morgan fingerprint density at radius 1 is 1.00 bits per heavy atom. The van der Waals surface area contributed by atoms with Gasteiger partial charge in [-0.15, -0.1) is 0 Å². The van der Waals surface area contributed by atoms with Crippen molar-refractivity contribution in [3.05, 3.63) is 0 Å². The lowest BCUT2D eigenvalue weighted by Crippen LogP contribution is -1.93. The molecular weight excluding hydrogens is 120 g/mol. The van der Waals surface area contributed by atoms with Crippen molar-refractivity contribution in [1.29, 1.82) is 0 Å². The van der Waals surface area contributed by atoms with Crippen molar-refractivity contribution in [3.8, 4) is 0 Å². The highest BCUT2D eigenvalue weighted by Crippen LogP contribution is 2.20. The molecule has 4 heavy (non-hydrogen) atoms. The van der Waals surface area contributed by atoms with Gasteiger partial charge in [-0.3, -0.25) is 0 Å². The van der Waals surface area contributed by atoms with E-state index in [9.17, 15) is 0 Å². The van der Waals surface area contributed by atoms with Gasteiger partial charge in [-0.2, -0.15) is 21.3 Å². The van der Waals surface area contributed by atoms with Crippen molar-refractivity contribution >= 4 is 37.0 Å². The Balaban J connectivity index is 2.00. The minimum Gasteiger partial charge on any atom is -0.188 e. The molecule has 1 fully saturated rings. The summed E-state index contributed by atoms with van der Waals surface area (Å²) in [6.45, 7) is 0. The van der Waals surface area contributed by atoms with Crippen molar-refractivity contribution in [2.45, 2.75) is 0 Å². The molecule has 20 valence electrons. The van der Waals surface area contributed by atoms with Crippen LogP contribution in [0.5, 0.6) is 0 Å². The summed E-state index contributed by atoms with van der Waals surface area (Å²) in [5.41, 5.74) is 0. The molecule has 0 aromatic rings. The van der Waals surface area contributed by atoms with Crippen molar-refractivity contribution in [3.63, 3.8) is 0 Å². The van der Waals surface area contributed by atoms with Crippen molar-refractivity contribution in [2.75, 3.05) is 0 Å². The van der Waals surface area contributed by atoms with Gasteiger partial charge in [0, 0.05) is 0 Å². The van der Waals surface area contributed by atoms with E-state index in [-0.39, 0.29) is 0 Å². The second kappa shape index (κ2) is 1.54. The fourth-order valence-corrected chi connectivity index (χ4v) is 3.37. The van der Waals surface area contributed by atoms with Gasteiger partial charge < -0.3 is 0 Å². The van der Waals surface area contributed by atoms with Gasteiger partial charge in [0.05, 0.1) is 0 Å². The van der Waals surface area contributed by atoms with E-state index < -0.39 is 0 Å². The molecule has 0 saturated carbocycles. The molecule has 0 N–H and O–H groups in total. The van der Waals surface area contributed by atoms with Crippen LogP contribution in [0.2, 0.25) is 0 Å². The highest BCUT2D eigenvalue weighted by atomic mass is 32.9. The first kappa shape index (κ1) is 3.33. The smallest absolute Gasteiger partial charge is 0.188 e. The number of hydrogen-bond donors (Lipinski definition) is 0. The molecule has 4 heteroatoms. The van der Waals surface area contributed by atoms with E-state index >= 15 is 0 Å². The van der Waals surface area contributed by atoms with E-state index in [1.165, 1.54) is 15.6 Å². The van der Waals surface area contributed by atoms with E-state index in [2.05, 4.69) is 21.3 Å². The van der Waals surface area contributed by atoms with Crippen LogP contribution in [0.25, 0.3) is 0 Å². The van der Waals surface area contributed by atoms with Crippen molar-refractivity contribution < 1.29 is 0 Å². The predicted molar refractivity (Wildman–Crippen MR) is 26.7 cm³/mol. The van der Waals surface area contributed by atoms with E-state index in [0.717, 1.165) is 0 Å². The molecule has 0 aliphatic carbocycles. The Hall–Kier alpha value is 1.13. The van der Waals surface area contributed by atoms with Gasteiger partial charge in [-0.05, 0) is 0 Å². The van der Waals surface area contributed by atoms with E-state index in [4.69, 9.17) is 0 Å². The predicted octanol–water partition coefficient (Wildman–Crippen LogP) is 0.535. The minimum absolute atomic E-state index is 1.17. The van der Waals surface area contributed by atoms with Crippen LogP contribution in [0.4, 0.5) is 0 Å². The van der Waals surface area contributed by atoms with Crippen molar-refractivity contribution in [2.24, 2.45) is 0 Å². The summed E-state index contributed by atoms with van der Waals surface area (Å²) in [6, 6.07) is 0. The van der Waals surface area contributed by atoms with Gasteiger partial charge in [0.25, 0.3) is 0 Å². The summed E-state index contributed by atoms with van der Waals surface area (Å²) in [7, 11) is 6.44. The SMILES string of the molecule is [Si]1S[Si]S1. The van der Waals surface area contributed by atoms with Gasteiger partial charge in [-0.1, -0.05) is 0 Å². The highest BCUT2D eigenvalue weighted by molar-refractivity contribution is 8.87. The molecule has 1 saturated heterocycles. The zero-order valence-corrected chi connectivity index (χ0v) is 5.45. The molecule has 0 aromatic heterocycles. The third-order valence-electron chi connectivity index (χ3n) is 0.167. The summed E-state index contributed by atoms with van der Waals surface area (Å²) in [6.07, 6.45) is 0. The molecule has 4 radical (unpaired) electrons. The molecule has 1 aliphatic rings. The van der Waals surface area contributed by atoms with Crippen LogP contribution in [0.1, 0.15) is 0 Å². The van der Waals surface area contributed by atoms with E-state index in [0.29, 0.717) is 0 Å². The molecule has 0 amide bonds. The lowest BCUT2D eigenvalue weighted by molar-refractivity contribution is 4.47. The third kappa shape index (κ3) is 0.541. The molecular formula is S2Si2. The quantitative estimate of drug-likeness (QED) is 0.428. The largest absolute Gasteiger partial charge is 0.188 e. The highest BCUT2D eigenvalue weighted by Gasteiger charge is 2.01. The van der Waals surface area contributed by atoms with Gasteiger partial charge in [0.15, 0.2) is 15.6 Å². The Labute approximate surface area is 37.3 Å². The van der Waals surface area contributed by atoms with Crippen LogP contribution in [0, 0.1) is 0 Å². The maximum Gasteiger partial charge on any atom is 0.188 e. The summed E-state index contributed by atoms with van der Waals surface area (Å²) >= 11 is 0. The molecule has 1 rings (SSSR count). The van der Waals surface area contributed by atoms with Crippen LogP contribution in [0.3, 0.4) is 0 Å². The Morgan fingerprint density at radius 3 is 1.25 bits per heavy atom. The molecule has 0 unspecified atom stereocenters. The zero-order chi connectivity index (χ0) is 2.83. The van der Waals surface area contributed by atoms with Gasteiger partial charge in [-0.25, -0.2) is 0 Å². The van der Waals surface area contributed by atoms with Gasteiger partial charge >= 0.3 is 0 Å². The van der Waals surface area contributed by atoms with E-state index in [1.54, 1.807) is 0 Å². The molecule has 0 spiro atoms. The maximum absolute atomic E-state index is 2.06. The summed E-state index contributed by atoms with van der Waals surface area (Å²) in [5, 5.41) is 0. The first-order valence-corrected chi connectivity index (χ1v) is 7.35. The van der Waals surface area contributed by atoms with Crippen LogP contribution < -0.4 is 0 Å². The summed E-state index contributed by atoms with van der Waals surface area (Å²) < 4.78 is 0. The third-order valence-corrected chi connectivity index (χ3v) is 13.5. The lowest BCUT2D eigenvalue weighted by Gasteiger charge is -2.01. The molecule has 0 aromatic carbocycles. The second-order valence-corrected chi connectivity index (χ2v) is 10.0. The van der Waals surface area contributed by atoms with Crippen molar-refractivity contribution in [1.82, 2.24) is 0 Å². The molecule has 1 heterocycles. The van der Waals surface area contributed by atoms with Crippen LogP contribution in [0.15, 0.2) is 0 Å². The monoisotopic (exact) mass is 120 g/mol. The van der Waals surface area contributed by atoms with Crippen LogP contribution in [-0.4, -0.2) is 15.6 Å². The molecule has 0 bridgehead atoms. The fourth-order valence-electron chi connectivity index (χ4n) is 0.0417. The van der Waals surface area contributed by atoms with E-state index in [1.807, 2.05) is 0 Å². The average Bonchev–Trinajstić information content (AvgIpc) is 0.722. The lowest BCUT2D eigenvalue weighted by atomic mass is 27.3. The van der Waals surface area contributed by atoms with Crippen LogP contribution in [-0.2, 0) is 0 Å². The Kier molecular flexibility index (Phi) is 1.28. The zero-order valence-electron chi connectivity index (χ0n) is 1.82. The first-order valence-electron chi connectivity index (χ1n) is 0.816. The van der Waals surface area contributed by atoms with Gasteiger partial charge in [0.2, 0.25) is 0 Å². The van der Waals surface area contributed by atoms with Crippen LogP contribution >= 0.6 is 21.3 Å². The Morgan fingerprint density at radius 2 is 1.25 bits per heavy atom. The topological polar surface area (TPSA) is 0 Å². The first-order chi connectivity index (χ1) is 2.00. The number of hydrogen-bond acceptors (Lipinski definition) is 2. The Bertz CT molecular complexity index is 12.0. The fraction of sp³-hybridized carbons (Fsp3) is 0. The molecule has 0 nitrogen and oxygen atoms in total. The standard InChI is InChI=1S/S2Si2/c1-3-2-4-1. The minimum atomic E-state index is 1.17. The normalized spacial score (nSPS) is 24.0. The molecule has 0 atom stereocenters. The van der Waals surface area contributed by atoms with Gasteiger partial charge in [0.1, 0.15) is 0 Å². The second-order valence-electron chi connectivity index (χ2n) is 0.371. The summed E-state index contributed by atoms with van der Waals surface area (Å²) in [5.74, 6) is 0. The summed E-state index contributed by atoms with van der Waals surface area (Å²) in [4.78, 5) is 0.